The van der Waals surface area contributed by atoms with E-state index in [9.17, 15) is 9.59 Å². The van der Waals surface area contributed by atoms with Crippen molar-refractivity contribution in [3.05, 3.63) is 94.9 Å². The summed E-state index contributed by atoms with van der Waals surface area (Å²) < 4.78 is 5.95. The maximum Gasteiger partial charge on any atom is 0.254 e. The van der Waals surface area contributed by atoms with Crippen LogP contribution in [-0.4, -0.2) is 35.3 Å². The largest absolute Gasteiger partial charge is 0.467 e. The van der Waals surface area contributed by atoms with Crippen LogP contribution < -0.4 is 5.32 Å². The Bertz CT molecular complexity index is 1010. The topological polar surface area (TPSA) is 62.6 Å². The van der Waals surface area contributed by atoms with Gasteiger partial charge in [0.2, 0.25) is 0 Å². The lowest BCUT2D eigenvalue weighted by molar-refractivity contribution is 0.0717. The van der Waals surface area contributed by atoms with Crippen molar-refractivity contribution in [2.45, 2.75) is 17.7 Å². The molecule has 7 heteroatoms. The minimum absolute atomic E-state index is 0.0509. The van der Waals surface area contributed by atoms with Crippen molar-refractivity contribution in [2.24, 2.45) is 0 Å². The van der Waals surface area contributed by atoms with Crippen LogP contribution in [0.5, 0.6) is 0 Å². The quantitative estimate of drug-likeness (QED) is 0.549. The first-order valence-electron chi connectivity index (χ1n) is 10.1. The minimum atomic E-state index is -0.131. The van der Waals surface area contributed by atoms with E-state index in [2.05, 4.69) is 17.4 Å². The van der Waals surface area contributed by atoms with Gasteiger partial charge in [0.1, 0.15) is 5.76 Å². The fourth-order valence-electron chi connectivity index (χ4n) is 3.43. The van der Waals surface area contributed by atoms with Gasteiger partial charge >= 0.3 is 0 Å². The normalized spacial score (nSPS) is 13.8. The number of hydrogen-bond acceptors (Lipinski definition) is 5. The Morgan fingerprint density at radius 3 is 2.26 bits per heavy atom. The SMILES string of the molecule is CNC(=O)c1ccc(CN(Cc2ccco2)C(=O)c2ccc(C3SCCS3)cc2)cc1. The van der Waals surface area contributed by atoms with Gasteiger partial charge in [-0.1, -0.05) is 24.3 Å². The van der Waals surface area contributed by atoms with Crippen LogP contribution in [0, 0.1) is 0 Å². The summed E-state index contributed by atoms with van der Waals surface area (Å²) in [6, 6.07) is 19.0. The number of nitrogens with one attached hydrogen (secondary N) is 1. The van der Waals surface area contributed by atoms with E-state index in [-0.39, 0.29) is 11.8 Å². The molecule has 0 unspecified atom stereocenters. The average Bonchev–Trinajstić information content (AvgIpc) is 3.53. The van der Waals surface area contributed by atoms with Crippen LogP contribution in [0.4, 0.5) is 0 Å². The van der Waals surface area contributed by atoms with Gasteiger partial charge in [-0.05, 0) is 47.5 Å². The first-order valence-corrected chi connectivity index (χ1v) is 12.2. The highest BCUT2D eigenvalue weighted by molar-refractivity contribution is 8.19. The first kappa shape index (κ1) is 21.6. The summed E-state index contributed by atoms with van der Waals surface area (Å²) in [7, 11) is 1.61. The highest BCUT2D eigenvalue weighted by Crippen LogP contribution is 2.45. The number of benzene rings is 2. The van der Waals surface area contributed by atoms with Crippen LogP contribution in [0.2, 0.25) is 0 Å². The Hall–Kier alpha value is -2.64. The molecule has 3 aromatic rings. The molecule has 1 fully saturated rings. The number of furan rings is 1. The molecule has 1 aromatic heterocycles. The van der Waals surface area contributed by atoms with Crippen molar-refractivity contribution in [1.82, 2.24) is 10.2 Å². The van der Waals surface area contributed by atoms with Crippen molar-refractivity contribution in [3.63, 3.8) is 0 Å². The van der Waals surface area contributed by atoms with E-state index < -0.39 is 0 Å². The van der Waals surface area contributed by atoms with Gasteiger partial charge in [-0.15, -0.1) is 23.5 Å². The molecule has 2 amide bonds. The number of carbonyl (C=O) groups excluding carboxylic acids is 2. The second-order valence-corrected chi connectivity index (χ2v) is 9.94. The van der Waals surface area contributed by atoms with Gasteiger partial charge in [0.05, 0.1) is 17.4 Å². The monoisotopic (exact) mass is 452 g/mol. The van der Waals surface area contributed by atoms with E-state index in [1.54, 1.807) is 30.3 Å². The highest BCUT2D eigenvalue weighted by atomic mass is 32.2. The molecular formula is C24H24N2O3S2. The zero-order valence-corrected chi connectivity index (χ0v) is 18.9. The molecular weight excluding hydrogens is 428 g/mol. The van der Waals surface area contributed by atoms with Crippen molar-refractivity contribution in [3.8, 4) is 0 Å². The molecule has 160 valence electrons. The lowest BCUT2D eigenvalue weighted by atomic mass is 10.1. The molecule has 0 bridgehead atoms. The van der Waals surface area contributed by atoms with E-state index in [1.165, 1.54) is 17.1 Å². The van der Waals surface area contributed by atoms with Crippen molar-refractivity contribution >= 4 is 35.3 Å². The lowest BCUT2D eigenvalue weighted by Gasteiger charge is -2.22. The molecule has 0 aliphatic carbocycles. The average molecular weight is 453 g/mol. The van der Waals surface area contributed by atoms with Crippen LogP contribution in [0.25, 0.3) is 0 Å². The van der Waals surface area contributed by atoms with Gasteiger partial charge < -0.3 is 14.6 Å². The molecule has 0 atom stereocenters. The van der Waals surface area contributed by atoms with E-state index in [0.717, 1.165) is 11.3 Å². The van der Waals surface area contributed by atoms with Crippen LogP contribution in [0.3, 0.4) is 0 Å². The Morgan fingerprint density at radius 1 is 0.968 bits per heavy atom. The summed E-state index contributed by atoms with van der Waals surface area (Å²) in [4.78, 5) is 26.9. The Kier molecular flexibility index (Phi) is 7.04. The van der Waals surface area contributed by atoms with Crippen molar-refractivity contribution < 1.29 is 14.0 Å². The van der Waals surface area contributed by atoms with Crippen LogP contribution in [0.1, 0.15) is 42.2 Å². The predicted octanol–water partition coefficient (Wildman–Crippen LogP) is 4.96. The number of nitrogens with zero attached hydrogens (tertiary/aromatic N) is 1. The van der Waals surface area contributed by atoms with Crippen LogP contribution in [-0.2, 0) is 13.1 Å². The minimum Gasteiger partial charge on any atom is -0.467 e. The third kappa shape index (κ3) is 5.35. The van der Waals surface area contributed by atoms with E-state index >= 15 is 0 Å². The molecule has 0 radical (unpaired) electrons. The molecule has 5 nitrogen and oxygen atoms in total. The van der Waals surface area contributed by atoms with Crippen molar-refractivity contribution in [1.29, 1.82) is 0 Å². The third-order valence-electron chi connectivity index (χ3n) is 5.08. The van der Waals surface area contributed by atoms with Gasteiger partial charge in [0.25, 0.3) is 11.8 Å². The summed E-state index contributed by atoms with van der Waals surface area (Å²) in [6.45, 7) is 0.794. The summed E-state index contributed by atoms with van der Waals surface area (Å²) in [5, 5.41) is 2.62. The number of amides is 2. The maximum atomic E-state index is 13.3. The second-order valence-electron chi connectivity index (χ2n) is 7.21. The fourth-order valence-corrected chi connectivity index (χ4v) is 6.29. The van der Waals surface area contributed by atoms with Gasteiger partial charge in [0.15, 0.2) is 0 Å². The standard InChI is InChI=1S/C24H24N2O3S2/c1-25-22(27)18-6-4-17(5-7-18)15-26(16-21-3-2-12-29-21)23(28)19-8-10-20(11-9-19)24-30-13-14-31-24/h2-12,24H,13-16H2,1H3,(H,25,27). The molecule has 0 saturated carbocycles. The van der Waals surface area contributed by atoms with Crippen molar-refractivity contribution in [2.75, 3.05) is 18.6 Å². The second kappa shape index (κ2) is 10.1. The van der Waals surface area contributed by atoms with Gasteiger partial charge in [-0.25, -0.2) is 0 Å². The number of hydrogen-bond donors (Lipinski definition) is 1. The summed E-state index contributed by atoms with van der Waals surface area (Å²) >= 11 is 3.90. The Balaban J connectivity index is 1.52. The molecule has 31 heavy (non-hydrogen) atoms. The molecule has 0 spiro atoms. The maximum absolute atomic E-state index is 13.3. The van der Waals surface area contributed by atoms with Gasteiger partial charge in [-0.3, -0.25) is 9.59 Å². The molecule has 1 saturated heterocycles. The summed E-state index contributed by atoms with van der Waals surface area (Å²) in [6.07, 6.45) is 1.61. The zero-order valence-electron chi connectivity index (χ0n) is 17.2. The predicted molar refractivity (Wildman–Crippen MR) is 126 cm³/mol. The van der Waals surface area contributed by atoms with Crippen LogP contribution in [0.15, 0.2) is 71.3 Å². The smallest absolute Gasteiger partial charge is 0.254 e. The lowest BCUT2D eigenvalue weighted by Crippen LogP contribution is -2.30. The third-order valence-corrected chi connectivity index (χ3v) is 8.19. The fraction of sp³-hybridized carbons (Fsp3) is 0.250. The number of thioether (sulfide) groups is 2. The van der Waals surface area contributed by atoms with E-state index in [1.807, 2.05) is 59.9 Å². The zero-order chi connectivity index (χ0) is 21.6. The highest BCUT2D eigenvalue weighted by Gasteiger charge is 2.21. The molecule has 1 aliphatic heterocycles. The molecule has 2 aromatic carbocycles. The van der Waals surface area contributed by atoms with Gasteiger partial charge in [0, 0.05) is 36.2 Å². The molecule has 4 rings (SSSR count). The van der Waals surface area contributed by atoms with E-state index in [4.69, 9.17) is 4.42 Å². The molecule has 1 aliphatic rings. The van der Waals surface area contributed by atoms with Crippen LogP contribution >= 0.6 is 23.5 Å². The summed E-state index contributed by atoms with van der Waals surface area (Å²) in [5.41, 5.74) is 3.45. The Morgan fingerprint density at radius 2 is 1.65 bits per heavy atom. The molecule has 2 heterocycles. The van der Waals surface area contributed by atoms with Gasteiger partial charge in [-0.2, -0.15) is 0 Å². The molecule has 1 N–H and O–H groups in total. The first-order chi connectivity index (χ1) is 15.1. The Labute approximate surface area is 190 Å². The number of carbonyl (C=O) groups is 2. The number of rotatable bonds is 7. The van der Waals surface area contributed by atoms with E-state index in [0.29, 0.717) is 28.8 Å². The summed E-state index contributed by atoms with van der Waals surface area (Å²) in [5.74, 6) is 2.89.